The van der Waals surface area contributed by atoms with E-state index in [4.69, 9.17) is 10.2 Å². The van der Waals surface area contributed by atoms with Gasteiger partial charge < -0.3 is 15.5 Å². The van der Waals surface area contributed by atoms with Crippen LogP contribution in [0, 0.1) is 12.8 Å². The van der Waals surface area contributed by atoms with Gasteiger partial charge in [-0.05, 0) is 56.7 Å². The maximum absolute atomic E-state index is 13.7. The van der Waals surface area contributed by atoms with Crippen LogP contribution in [0.4, 0.5) is 5.95 Å². The molecule has 0 radical (unpaired) electrons. The fraction of sp³-hybridized carbons (Fsp3) is 0.417. The minimum atomic E-state index is -0.180. The van der Waals surface area contributed by atoms with E-state index >= 15 is 0 Å². The fourth-order valence-corrected chi connectivity index (χ4v) is 4.66. The van der Waals surface area contributed by atoms with Gasteiger partial charge in [0.15, 0.2) is 17.1 Å². The monoisotopic (exact) mass is 502 g/mol. The molecule has 1 amide bonds. The van der Waals surface area contributed by atoms with Crippen molar-refractivity contribution in [3.05, 3.63) is 46.3 Å². The van der Waals surface area contributed by atoms with Gasteiger partial charge in [0.2, 0.25) is 11.8 Å². The Kier molecular flexibility index (Phi) is 4.75. The largest absolute Gasteiger partial charge is 0.461 e. The van der Waals surface area contributed by atoms with Gasteiger partial charge in [-0.3, -0.25) is 18.6 Å². The number of aromatic nitrogens is 8. The Bertz CT molecular complexity index is 1710. The second-order valence-corrected chi connectivity index (χ2v) is 9.92. The Balaban J connectivity index is 1.29. The van der Waals surface area contributed by atoms with Crippen molar-refractivity contribution in [3.8, 4) is 11.6 Å². The zero-order valence-electron chi connectivity index (χ0n) is 20.3. The predicted molar refractivity (Wildman–Crippen MR) is 133 cm³/mol. The van der Waals surface area contributed by atoms with Gasteiger partial charge in [0.05, 0.1) is 12.8 Å². The Labute approximate surface area is 209 Å². The van der Waals surface area contributed by atoms with E-state index < -0.39 is 0 Å². The van der Waals surface area contributed by atoms with Gasteiger partial charge in [-0.15, -0.1) is 5.10 Å². The molecular weight excluding hydrogens is 476 g/mol. The highest BCUT2D eigenvalue weighted by molar-refractivity contribution is 5.92. The number of furan rings is 1. The van der Waals surface area contributed by atoms with E-state index in [1.54, 1.807) is 38.3 Å². The lowest BCUT2D eigenvalue weighted by Gasteiger charge is -2.06. The maximum Gasteiger partial charge on any atom is 0.330 e. The quantitative estimate of drug-likeness (QED) is 0.324. The number of fused-ring (bicyclic) bond motifs is 3. The van der Waals surface area contributed by atoms with E-state index in [-0.39, 0.29) is 23.6 Å². The van der Waals surface area contributed by atoms with Gasteiger partial charge in [-0.25, -0.2) is 9.78 Å². The van der Waals surface area contributed by atoms with Crippen molar-refractivity contribution in [2.24, 2.45) is 5.92 Å². The molecule has 0 spiro atoms. The summed E-state index contributed by atoms with van der Waals surface area (Å²) in [6.07, 6.45) is 5.74. The lowest BCUT2D eigenvalue weighted by atomic mass is 10.3. The van der Waals surface area contributed by atoms with Crippen LogP contribution < -0.4 is 16.7 Å². The molecule has 0 aliphatic heterocycles. The number of rotatable bonds is 8. The van der Waals surface area contributed by atoms with Crippen molar-refractivity contribution < 1.29 is 9.21 Å². The van der Waals surface area contributed by atoms with E-state index in [0.717, 1.165) is 31.4 Å². The van der Waals surface area contributed by atoms with E-state index in [1.165, 1.54) is 4.52 Å². The standard InChI is InChI=1S/C24H26N10O3/c1-13-11-16(22(35)26-15-6-7-15)29-33(13)9-8-31-20-18(32(24(31)36)12-14-4-5-14)21-27-19(17-3-2-10-37-17)30-34(21)23(25)28-20/h2-3,10-11,14-15H,4-9,12H2,1H3,(H2,25,28)(H,26,35). The molecule has 0 unspecified atom stereocenters. The van der Waals surface area contributed by atoms with E-state index in [0.29, 0.717) is 59.6 Å². The highest BCUT2D eigenvalue weighted by Gasteiger charge is 2.29. The fourth-order valence-electron chi connectivity index (χ4n) is 4.66. The van der Waals surface area contributed by atoms with Crippen LogP contribution in [0.3, 0.4) is 0 Å². The van der Waals surface area contributed by atoms with E-state index in [2.05, 4.69) is 25.5 Å². The van der Waals surface area contributed by atoms with E-state index in [9.17, 15) is 9.59 Å². The summed E-state index contributed by atoms with van der Waals surface area (Å²) < 4.78 is 12.0. The SMILES string of the molecule is Cc1cc(C(=O)NC2CC2)nn1CCn1c(=O)n(CC2CC2)c2c1nc(N)n1nc(-c3ccco3)nc21. The van der Waals surface area contributed by atoms with Crippen molar-refractivity contribution in [2.75, 3.05) is 5.73 Å². The van der Waals surface area contributed by atoms with Gasteiger partial charge in [0.25, 0.3) is 5.91 Å². The number of carbonyl (C=O) groups is 1. The van der Waals surface area contributed by atoms with Gasteiger partial charge in [-0.2, -0.15) is 14.6 Å². The summed E-state index contributed by atoms with van der Waals surface area (Å²) in [6.45, 7) is 3.17. The third-order valence-electron chi connectivity index (χ3n) is 7.00. The van der Waals surface area contributed by atoms with Crippen LogP contribution >= 0.6 is 0 Å². The molecular formula is C24H26N10O3. The molecule has 0 bridgehead atoms. The molecule has 5 aromatic heterocycles. The van der Waals surface area contributed by atoms with Crippen molar-refractivity contribution >= 4 is 28.7 Å². The predicted octanol–water partition coefficient (Wildman–Crippen LogP) is 1.59. The minimum absolute atomic E-state index is 0.124. The summed E-state index contributed by atoms with van der Waals surface area (Å²) in [5.74, 6) is 1.27. The average molecular weight is 503 g/mol. The number of imidazole rings is 1. The third kappa shape index (κ3) is 3.77. The number of aryl methyl sites for hydroxylation is 3. The lowest BCUT2D eigenvalue weighted by Crippen LogP contribution is -2.27. The molecule has 13 heteroatoms. The molecule has 2 fully saturated rings. The maximum atomic E-state index is 13.7. The molecule has 7 rings (SSSR count). The second-order valence-electron chi connectivity index (χ2n) is 9.92. The first-order chi connectivity index (χ1) is 18.0. The first kappa shape index (κ1) is 21.8. The average Bonchev–Trinajstić information content (AvgIpc) is 3.66. The summed E-state index contributed by atoms with van der Waals surface area (Å²) in [5.41, 5.74) is 8.82. The number of anilines is 1. The molecule has 2 saturated carbocycles. The van der Waals surface area contributed by atoms with Gasteiger partial charge in [0.1, 0.15) is 11.2 Å². The first-order valence-electron chi connectivity index (χ1n) is 12.5. The molecule has 0 atom stereocenters. The van der Waals surface area contributed by atoms with E-state index in [1.807, 2.05) is 6.92 Å². The zero-order valence-corrected chi connectivity index (χ0v) is 20.3. The smallest absolute Gasteiger partial charge is 0.330 e. The van der Waals surface area contributed by atoms with Crippen LogP contribution in [-0.2, 0) is 19.6 Å². The van der Waals surface area contributed by atoms with Crippen LogP contribution in [0.15, 0.2) is 33.7 Å². The molecule has 2 aliphatic rings. The number of hydrogen-bond acceptors (Lipinski definition) is 8. The number of nitrogens with zero attached hydrogens (tertiary/aromatic N) is 8. The number of nitrogens with one attached hydrogen (secondary N) is 1. The number of hydrogen-bond donors (Lipinski definition) is 2. The highest BCUT2D eigenvalue weighted by Crippen LogP contribution is 2.32. The van der Waals surface area contributed by atoms with Gasteiger partial charge in [0, 0.05) is 24.8 Å². The minimum Gasteiger partial charge on any atom is -0.461 e. The Morgan fingerprint density at radius 3 is 2.70 bits per heavy atom. The Morgan fingerprint density at radius 2 is 1.97 bits per heavy atom. The highest BCUT2D eigenvalue weighted by atomic mass is 16.3. The topological polar surface area (TPSA) is 156 Å². The Hall–Kier alpha value is -4.42. The van der Waals surface area contributed by atoms with Crippen LogP contribution in [0.25, 0.3) is 28.4 Å². The summed E-state index contributed by atoms with van der Waals surface area (Å²) >= 11 is 0. The summed E-state index contributed by atoms with van der Waals surface area (Å²) in [4.78, 5) is 35.3. The van der Waals surface area contributed by atoms with Gasteiger partial charge >= 0.3 is 5.69 Å². The van der Waals surface area contributed by atoms with Crippen molar-refractivity contribution in [1.82, 2.24) is 43.8 Å². The number of amides is 1. The van der Waals surface area contributed by atoms with Crippen molar-refractivity contribution in [1.29, 1.82) is 0 Å². The molecule has 5 heterocycles. The molecule has 3 N–H and O–H groups in total. The summed E-state index contributed by atoms with van der Waals surface area (Å²) in [5, 5.41) is 11.9. The number of carbonyl (C=O) groups excluding carboxylic acids is 1. The van der Waals surface area contributed by atoms with Crippen molar-refractivity contribution in [3.63, 3.8) is 0 Å². The first-order valence-corrected chi connectivity index (χ1v) is 12.5. The molecule has 0 aromatic carbocycles. The molecule has 2 aliphatic carbocycles. The normalized spacial score (nSPS) is 15.7. The van der Waals surface area contributed by atoms with Crippen LogP contribution in [0.1, 0.15) is 41.9 Å². The third-order valence-corrected chi connectivity index (χ3v) is 7.00. The lowest BCUT2D eigenvalue weighted by molar-refractivity contribution is 0.0945. The number of nitrogens with two attached hydrogens (primary N) is 1. The zero-order chi connectivity index (χ0) is 25.3. The molecule has 5 aromatic rings. The number of nitrogen functional groups attached to an aromatic ring is 1. The molecule has 37 heavy (non-hydrogen) atoms. The second kappa shape index (κ2) is 8.05. The summed E-state index contributed by atoms with van der Waals surface area (Å²) in [6, 6.07) is 5.55. The molecule has 0 saturated heterocycles. The molecule has 190 valence electrons. The molecule has 13 nitrogen and oxygen atoms in total. The Morgan fingerprint density at radius 1 is 1.14 bits per heavy atom. The summed E-state index contributed by atoms with van der Waals surface area (Å²) in [7, 11) is 0. The van der Waals surface area contributed by atoms with Gasteiger partial charge in [-0.1, -0.05) is 0 Å². The van der Waals surface area contributed by atoms with Crippen LogP contribution in [0.2, 0.25) is 0 Å². The van der Waals surface area contributed by atoms with Crippen molar-refractivity contribution in [2.45, 2.75) is 58.3 Å². The van der Waals surface area contributed by atoms with Crippen LogP contribution in [0.5, 0.6) is 0 Å². The van der Waals surface area contributed by atoms with Crippen LogP contribution in [-0.4, -0.2) is 50.4 Å².